The predicted molar refractivity (Wildman–Crippen MR) is 69.6 cm³/mol. The molecule has 2 heteroatoms. The number of rotatable bonds is 2. The van der Waals surface area contributed by atoms with Crippen LogP contribution in [-0.2, 0) is 0 Å². The van der Waals surface area contributed by atoms with Crippen LogP contribution < -0.4 is 0 Å². The summed E-state index contributed by atoms with van der Waals surface area (Å²) in [6, 6.07) is 4.82. The van der Waals surface area contributed by atoms with Gasteiger partial charge in [0.15, 0.2) is 0 Å². The van der Waals surface area contributed by atoms with Gasteiger partial charge < -0.3 is 0 Å². The zero-order chi connectivity index (χ0) is 11.7. The van der Waals surface area contributed by atoms with Gasteiger partial charge >= 0.3 is 0 Å². The molecule has 1 aromatic rings. The lowest BCUT2D eigenvalue weighted by Gasteiger charge is -2.24. The molecule has 1 fully saturated rings. The maximum Gasteiger partial charge on any atom is 0.0321 e. The highest BCUT2D eigenvalue weighted by Crippen LogP contribution is 2.36. The largest absolute Gasteiger partial charge is 0.296 e. The van der Waals surface area contributed by atoms with E-state index >= 15 is 0 Å². The van der Waals surface area contributed by atoms with E-state index in [9.17, 15) is 0 Å². The van der Waals surface area contributed by atoms with E-state index in [-0.39, 0.29) is 0 Å². The summed E-state index contributed by atoms with van der Waals surface area (Å²) in [6.45, 7) is 4.84. The van der Waals surface area contributed by atoms with Crippen LogP contribution in [0, 0.1) is 11.8 Å². The highest BCUT2D eigenvalue weighted by molar-refractivity contribution is 5.15. The van der Waals surface area contributed by atoms with Crippen molar-refractivity contribution in [2.24, 2.45) is 11.8 Å². The smallest absolute Gasteiger partial charge is 0.0321 e. The van der Waals surface area contributed by atoms with Crippen LogP contribution in [0.3, 0.4) is 0 Å². The molecule has 1 aromatic heterocycles. The Morgan fingerprint density at radius 3 is 2.29 bits per heavy atom. The van der Waals surface area contributed by atoms with Gasteiger partial charge in [0.2, 0.25) is 0 Å². The third kappa shape index (κ3) is 2.14. The molecule has 3 atom stereocenters. The molecular formula is C15H20N2. The molecule has 1 saturated heterocycles. The Kier molecular flexibility index (Phi) is 2.98. The summed E-state index contributed by atoms with van der Waals surface area (Å²) in [5.41, 5.74) is 1.40. The molecule has 2 heterocycles. The lowest BCUT2D eigenvalue weighted by atomic mass is 9.86. The monoisotopic (exact) mass is 228 g/mol. The minimum atomic E-state index is 0.531. The molecule has 0 aromatic carbocycles. The van der Waals surface area contributed by atoms with Gasteiger partial charge in [-0.1, -0.05) is 12.2 Å². The number of nitrogens with zero attached hydrogens (tertiary/aromatic N) is 2. The lowest BCUT2D eigenvalue weighted by Crippen LogP contribution is -2.24. The average Bonchev–Trinajstić information content (AvgIpc) is 2.82. The average molecular weight is 228 g/mol. The first-order valence-electron chi connectivity index (χ1n) is 6.63. The molecule has 90 valence electrons. The van der Waals surface area contributed by atoms with Crippen molar-refractivity contribution in [3.05, 3.63) is 42.2 Å². The van der Waals surface area contributed by atoms with E-state index in [1.165, 1.54) is 31.5 Å². The van der Waals surface area contributed by atoms with Crippen molar-refractivity contribution in [1.29, 1.82) is 0 Å². The second-order valence-corrected chi connectivity index (χ2v) is 5.37. The molecule has 0 spiro atoms. The molecule has 0 saturated carbocycles. The molecule has 0 radical (unpaired) electrons. The zero-order valence-corrected chi connectivity index (χ0v) is 10.4. The van der Waals surface area contributed by atoms with Gasteiger partial charge in [0, 0.05) is 31.5 Å². The molecule has 1 aliphatic heterocycles. The van der Waals surface area contributed by atoms with Crippen LogP contribution in [0.2, 0.25) is 0 Å². The van der Waals surface area contributed by atoms with Crippen molar-refractivity contribution in [1.82, 2.24) is 9.88 Å². The molecule has 2 nitrogen and oxygen atoms in total. The molecule has 1 aliphatic carbocycles. The number of fused-ring (bicyclic) bond motifs is 1. The van der Waals surface area contributed by atoms with E-state index in [1.807, 2.05) is 12.4 Å². The Labute approximate surface area is 103 Å². The highest BCUT2D eigenvalue weighted by atomic mass is 15.2. The van der Waals surface area contributed by atoms with E-state index in [0.29, 0.717) is 6.04 Å². The van der Waals surface area contributed by atoms with Crippen molar-refractivity contribution in [2.45, 2.75) is 25.8 Å². The SMILES string of the molecule is CC(c1ccncc1)N1C[C@H]2CC=CC[C@H]2C1. The van der Waals surface area contributed by atoms with Crippen LogP contribution in [0.5, 0.6) is 0 Å². The third-order valence-electron chi connectivity index (χ3n) is 4.39. The van der Waals surface area contributed by atoms with Crippen LogP contribution in [-0.4, -0.2) is 23.0 Å². The van der Waals surface area contributed by atoms with E-state index in [1.54, 1.807) is 0 Å². The van der Waals surface area contributed by atoms with Gasteiger partial charge in [-0.05, 0) is 49.3 Å². The van der Waals surface area contributed by atoms with Crippen LogP contribution >= 0.6 is 0 Å². The molecule has 3 rings (SSSR count). The summed E-state index contributed by atoms with van der Waals surface area (Å²) < 4.78 is 0. The summed E-state index contributed by atoms with van der Waals surface area (Å²) in [5.74, 6) is 1.79. The van der Waals surface area contributed by atoms with E-state index < -0.39 is 0 Å². The molecule has 2 aliphatic rings. The fourth-order valence-electron chi connectivity index (χ4n) is 3.22. The van der Waals surface area contributed by atoms with Crippen LogP contribution in [0.15, 0.2) is 36.7 Å². The minimum Gasteiger partial charge on any atom is -0.296 e. The summed E-state index contributed by atoms with van der Waals surface area (Å²) >= 11 is 0. The number of likely N-dealkylation sites (tertiary alicyclic amines) is 1. The second kappa shape index (κ2) is 4.61. The van der Waals surface area contributed by atoms with E-state index in [0.717, 1.165) is 11.8 Å². The Balaban J connectivity index is 1.71. The van der Waals surface area contributed by atoms with Crippen LogP contribution in [0.4, 0.5) is 0 Å². The maximum absolute atomic E-state index is 4.10. The first-order valence-corrected chi connectivity index (χ1v) is 6.63. The van der Waals surface area contributed by atoms with E-state index in [2.05, 4.69) is 41.1 Å². The van der Waals surface area contributed by atoms with Gasteiger partial charge in [-0.2, -0.15) is 0 Å². The van der Waals surface area contributed by atoms with Gasteiger partial charge in [-0.3, -0.25) is 9.88 Å². The number of hydrogen-bond acceptors (Lipinski definition) is 2. The first kappa shape index (κ1) is 11.0. The number of allylic oxidation sites excluding steroid dienone is 2. The molecule has 17 heavy (non-hydrogen) atoms. The standard InChI is InChI=1S/C15H20N2/c1-12(13-6-8-16-9-7-13)17-10-14-4-2-3-5-15(14)11-17/h2-3,6-9,12,14-15H,4-5,10-11H2,1H3/t12?,14-,15+. The third-order valence-corrected chi connectivity index (χ3v) is 4.39. The number of aromatic nitrogens is 1. The molecule has 1 unspecified atom stereocenters. The molecule has 0 N–H and O–H groups in total. The quantitative estimate of drug-likeness (QED) is 0.723. The van der Waals surface area contributed by atoms with Gasteiger partial charge in [0.1, 0.15) is 0 Å². The van der Waals surface area contributed by atoms with Crippen LogP contribution in [0.1, 0.15) is 31.4 Å². The first-order chi connectivity index (χ1) is 8.34. The minimum absolute atomic E-state index is 0.531. The van der Waals surface area contributed by atoms with E-state index in [4.69, 9.17) is 0 Å². The van der Waals surface area contributed by atoms with Crippen molar-refractivity contribution in [3.63, 3.8) is 0 Å². The number of pyridine rings is 1. The maximum atomic E-state index is 4.10. The Morgan fingerprint density at radius 1 is 1.12 bits per heavy atom. The summed E-state index contributed by atoms with van der Waals surface area (Å²) in [7, 11) is 0. The van der Waals surface area contributed by atoms with Crippen LogP contribution in [0.25, 0.3) is 0 Å². The predicted octanol–water partition coefficient (Wildman–Crippen LogP) is 3.04. The molecular weight excluding hydrogens is 208 g/mol. The van der Waals surface area contributed by atoms with Crippen molar-refractivity contribution in [3.8, 4) is 0 Å². The van der Waals surface area contributed by atoms with Crippen molar-refractivity contribution < 1.29 is 0 Å². The summed E-state index contributed by atoms with van der Waals surface area (Å²) in [5, 5.41) is 0. The number of hydrogen-bond donors (Lipinski definition) is 0. The van der Waals surface area contributed by atoms with Gasteiger partial charge in [0.05, 0.1) is 0 Å². The van der Waals surface area contributed by atoms with Gasteiger partial charge in [0.25, 0.3) is 0 Å². The summed E-state index contributed by atoms with van der Waals surface area (Å²) in [6.07, 6.45) is 11.1. The molecule has 0 bridgehead atoms. The molecule has 0 amide bonds. The lowest BCUT2D eigenvalue weighted by molar-refractivity contribution is 0.249. The fraction of sp³-hybridized carbons (Fsp3) is 0.533. The second-order valence-electron chi connectivity index (χ2n) is 5.37. The topological polar surface area (TPSA) is 16.1 Å². The highest BCUT2D eigenvalue weighted by Gasteiger charge is 2.34. The van der Waals surface area contributed by atoms with Gasteiger partial charge in [-0.25, -0.2) is 0 Å². The van der Waals surface area contributed by atoms with Crippen molar-refractivity contribution in [2.75, 3.05) is 13.1 Å². The Bertz CT molecular complexity index is 383. The normalized spacial score (nSPS) is 30.2. The zero-order valence-electron chi connectivity index (χ0n) is 10.4. The van der Waals surface area contributed by atoms with Gasteiger partial charge in [-0.15, -0.1) is 0 Å². The summed E-state index contributed by atoms with van der Waals surface area (Å²) in [4.78, 5) is 6.73. The van der Waals surface area contributed by atoms with Crippen molar-refractivity contribution >= 4 is 0 Å². The Morgan fingerprint density at radius 2 is 1.71 bits per heavy atom. The Hall–Kier alpha value is -1.15. The fourth-order valence-corrected chi connectivity index (χ4v) is 3.22.